The van der Waals surface area contributed by atoms with Crippen molar-refractivity contribution in [1.82, 2.24) is 4.90 Å². The zero-order chi connectivity index (χ0) is 15.3. The van der Waals surface area contributed by atoms with E-state index in [1.807, 2.05) is 38.1 Å². The van der Waals surface area contributed by atoms with E-state index in [-0.39, 0.29) is 17.7 Å². The molecule has 0 fully saturated rings. The Morgan fingerprint density at radius 3 is 2.55 bits per heavy atom. The van der Waals surface area contributed by atoms with Gasteiger partial charge in [0, 0.05) is 26.2 Å². The summed E-state index contributed by atoms with van der Waals surface area (Å²) in [5.74, 6) is -0.111. The lowest BCUT2D eigenvalue weighted by Gasteiger charge is -2.17. The first-order valence-corrected chi connectivity index (χ1v) is 6.68. The van der Waals surface area contributed by atoms with Crippen LogP contribution in [-0.4, -0.2) is 29.8 Å². The van der Waals surface area contributed by atoms with Gasteiger partial charge in [-0.05, 0) is 23.6 Å². The lowest BCUT2D eigenvalue weighted by Crippen LogP contribution is -2.39. The van der Waals surface area contributed by atoms with Crippen molar-refractivity contribution < 1.29 is 9.59 Å². The molecule has 5 heteroatoms. The summed E-state index contributed by atoms with van der Waals surface area (Å²) in [5.41, 5.74) is 7.45. The summed E-state index contributed by atoms with van der Waals surface area (Å²) in [7, 11) is 1.74. The van der Waals surface area contributed by atoms with Crippen LogP contribution >= 0.6 is 0 Å². The number of nitrogens with zero attached hydrogens (tertiary/aromatic N) is 1. The Bertz CT molecular complexity index is 486. The number of nitrogens with one attached hydrogen (secondary N) is 1. The molecule has 3 N–H and O–H groups in total. The zero-order valence-corrected chi connectivity index (χ0v) is 12.5. The van der Waals surface area contributed by atoms with Crippen LogP contribution in [0.4, 0.5) is 5.69 Å². The van der Waals surface area contributed by atoms with E-state index in [2.05, 4.69) is 5.32 Å². The smallest absolute Gasteiger partial charge is 0.241 e. The quantitative estimate of drug-likeness (QED) is 0.858. The van der Waals surface area contributed by atoms with Crippen LogP contribution in [0.3, 0.4) is 0 Å². The maximum atomic E-state index is 11.9. The van der Waals surface area contributed by atoms with Gasteiger partial charge in [-0.15, -0.1) is 0 Å². The van der Waals surface area contributed by atoms with Crippen molar-refractivity contribution in [3.8, 4) is 0 Å². The highest BCUT2D eigenvalue weighted by molar-refractivity contribution is 5.94. The highest BCUT2D eigenvalue weighted by atomic mass is 16.2. The highest BCUT2D eigenvalue weighted by Gasteiger charge is 2.17. The molecule has 1 aromatic rings. The zero-order valence-electron chi connectivity index (χ0n) is 12.5. The lowest BCUT2D eigenvalue weighted by molar-refractivity contribution is -0.128. The summed E-state index contributed by atoms with van der Waals surface area (Å²) in [6.45, 7) is 5.84. The molecule has 0 aromatic heterocycles. The third-order valence-electron chi connectivity index (χ3n) is 3.17. The first-order valence-electron chi connectivity index (χ1n) is 6.68. The van der Waals surface area contributed by atoms with Crippen LogP contribution in [0.25, 0.3) is 0 Å². The van der Waals surface area contributed by atoms with Gasteiger partial charge in [0.05, 0.1) is 6.04 Å². The van der Waals surface area contributed by atoms with Crippen LogP contribution in [0.2, 0.25) is 0 Å². The molecule has 110 valence electrons. The predicted molar refractivity (Wildman–Crippen MR) is 80.0 cm³/mol. The van der Waals surface area contributed by atoms with Crippen LogP contribution in [0, 0.1) is 5.92 Å². The summed E-state index contributed by atoms with van der Waals surface area (Å²) in [6, 6.07) is 6.89. The van der Waals surface area contributed by atoms with E-state index in [0.717, 1.165) is 5.56 Å². The monoisotopic (exact) mass is 277 g/mol. The molecular weight excluding hydrogens is 254 g/mol. The Balaban J connectivity index is 2.73. The van der Waals surface area contributed by atoms with Crippen molar-refractivity contribution >= 4 is 17.5 Å². The van der Waals surface area contributed by atoms with Crippen molar-refractivity contribution in [3.63, 3.8) is 0 Å². The number of rotatable bonds is 5. The van der Waals surface area contributed by atoms with E-state index in [1.165, 1.54) is 6.92 Å². The van der Waals surface area contributed by atoms with Gasteiger partial charge in [-0.25, -0.2) is 0 Å². The molecule has 2 amide bonds. The Morgan fingerprint density at radius 1 is 1.35 bits per heavy atom. The second kappa shape index (κ2) is 7.05. The van der Waals surface area contributed by atoms with Gasteiger partial charge in [0.1, 0.15) is 0 Å². The maximum Gasteiger partial charge on any atom is 0.241 e. The lowest BCUT2D eigenvalue weighted by atomic mass is 10.0. The third-order valence-corrected chi connectivity index (χ3v) is 3.17. The van der Waals surface area contributed by atoms with Crippen molar-refractivity contribution in [1.29, 1.82) is 0 Å². The first kappa shape index (κ1) is 16.2. The van der Waals surface area contributed by atoms with E-state index in [4.69, 9.17) is 5.73 Å². The van der Waals surface area contributed by atoms with Crippen LogP contribution < -0.4 is 11.1 Å². The molecule has 1 atom stereocenters. The van der Waals surface area contributed by atoms with Crippen LogP contribution in [-0.2, 0) is 16.1 Å². The highest BCUT2D eigenvalue weighted by Crippen LogP contribution is 2.13. The number of anilines is 1. The van der Waals surface area contributed by atoms with Crippen molar-refractivity contribution in [2.24, 2.45) is 11.7 Å². The minimum absolute atomic E-state index is 0.00117. The number of amides is 2. The molecule has 0 saturated carbocycles. The van der Waals surface area contributed by atoms with Gasteiger partial charge in [0.25, 0.3) is 0 Å². The van der Waals surface area contributed by atoms with Crippen LogP contribution in [0.1, 0.15) is 26.3 Å². The second-order valence-corrected chi connectivity index (χ2v) is 5.33. The minimum atomic E-state index is -0.529. The molecule has 20 heavy (non-hydrogen) atoms. The fourth-order valence-corrected chi connectivity index (χ4v) is 1.66. The molecule has 1 aromatic carbocycles. The van der Waals surface area contributed by atoms with E-state index in [0.29, 0.717) is 12.2 Å². The average molecular weight is 277 g/mol. The molecular formula is C15H23N3O2. The Labute approximate surface area is 120 Å². The van der Waals surface area contributed by atoms with E-state index in [9.17, 15) is 9.59 Å². The van der Waals surface area contributed by atoms with Crippen molar-refractivity contribution in [2.75, 3.05) is 12.4 Å². The fourth-order valence-electron chi connectivity index (χ4n) is 1.66. The van der Waals surface area contributed by atoms with Crippen LogP contribution in [0.15, 0.2) is 24.3 Å². The standard InChI is InChI=1S/C15H23N3O2/c1-10(2)14(16)15(20)17-13-7-5-6-12(8-13)9-18(4)11(3)19/h5-8,10,14H,9,16H2,1-4H3,(H,17,20)/t14-/m0/s1. The largest absolute Gasteiger partial charge is 0.342 e. The number of hydrogen-bond acceptors (Lipinski definition) is 3. The summed E-state index contributed by atoms with van der Waals surface area (Å²) in [4.78, 5) is 24.7. The summed E-state index contributed by atoms with van der Waals surface area (Å²) < 4.78 is 0. The normalized spacial score (nSPS) is 12.1. The number of hydrogen-bond donors (Lipinski definition) is 2. The minimum Gasteiger partial charge on any atom is -0.342 e. The van der Waals surface area contributed by atoms with Crippen molar-refractivity contribution in [3.05, 3.63) is 29.8 Å². The predicted octanol–water partition coefficient (Wildman–Crippen LogP) is 1.59. The molecule has 0 spiro atoms. The van der Waals surface area contributed by atoms with Gasteiger partial charge in [-0.1, -0.05) is 26.0 Å². The molecule has 0 radical (unpaired) electrons. The fraction of sp³-hybridized carbons (Fsp3) is 0.467. The molecule has 5 nitrogen and oxygen atoms in total. The van der Waals surface area contributed by atoms with E-state index in [1.54, 1.807) is 11.9 Å². The maximum absolute atomic E-state index is 11.9. The van der Waals surface area contributed by atoms with Gasteiger partial charge in [0.2, 0.25) is 11.8 Å². The van der Waals surface area contributed by atoms with E-state index >= 15 is 0 Å². The molecule has 0 bridgehead atoms. The Hall–Kier alpha value is -1.88. The Kier molecular flexibility index (Phi) is 5.70. The average Bonchev–Trinajstić information content (AvgIpc) is 2.37. The van der Waals surface area contributed by atoms with Gasteiger partial charge < -0.3 is 16.0 Å². The number of carbonyl (C=O) groups is 2. The van der Waals surface area contributed by atoms with Crippen molar-refractivity contribution in [2.45, 2.75) is 33.4 Å². The number of benzene rings is 1. The van der Waals surface area contributed by atoms with Gasteiger partial charge in [-0.2, -0.15) is 0 Å². The molecule has 0 aliphatic rings. The second-order valence-electron chi connectivity index (χ2n) is 5.33. The molecule has 0 aliphatic heterocycles. The van der Waals surface area contributed by atoms with Crippen LogP contribution in [0.5, 0.6) is 0 Å². The summed E-state index contributed by atoms with van der Waals surface area (Å²) >= 11 is 0. The molecule has 0 heterocycles. The third kappa shape index (κ3) is 4.66. The number of carbonyl (C=O) groups excluding carboxylic acids is 2. The molecule has 0 unspecified atom stereocenters. The molecule has 0 aliphatic carbocycles. The molecule has 1 rings (SSSR count). The Morgan fingerprint density at radius 2 is 2.00 bits per heavy atom. The van der Waals surface area contributed by atoms with Gasteiger partial charge >= 0.3 is 0 Å². The van der Waals surface area contributed by atoms with E-state index < -0.39 is 6.04 Å². The summed E-state index contributed by atoms with van der Waals surface area (Å²) in [6.07, 6.45) is 0. The number of nitrogens with two attached hydrogens (primary N) is 1. The van der Waals surface area contributed by atoms with Gasteiger partial charge in [-0.3, -0.25) is 9.59 Å². The van der Waals surface area contributed by atoms with Gasteiger partial charge in [0.15, 0.2) is 0 Å². The topological polar surface area (TPSA) is 75.4 Å². The first-order chi connectivity index (χ1) is 9.31. The summed E-state index contributed by atoms with van der Waals surface area (Å²) in [5, 5.41) is 2.80. The SMILES string of the molecule is CC(=O)N(C)Cc1cccc(NC(=O)[C@@H](N)C(C)C)c1. The molecule has 0 saturated heterocycles.